The number of piperidine rings is 1. The van der Waals surface area contributed by atoms with Crippen LogP contribution < -0.4 is 0 Å². The number of benzene rings is 1. The minimum atomic E-state index is -0.161. The molecule has 5 heteroatoms. The molecule has 4 rings (SSSR count). The van der Waals surface area contributed by atoms with Gasteiger partial charge >= 0.3 is 0 Å². The molecule has 1 saturated carbocycles. The van der Waals surface area contributed by atoms with Gasteiger partial charge in [0.25, 0.3) is 0 Å². The smallest absolute Gasteiger partial charge is 0.219 e. The average molecular weight is 301 g/mol. The van der Waals surface area contributed by atoms with Gasteiger partial charge in [-0.25, -0.2) is 4.39 Å². The summed E-state index contributed by atoms with van der Waals surface area (Å²) in [5, 5.41) is 8.41. The molecule has 0 spiro atoms. The van der Waals surface area contributed by atoms with Gasteiger partial charge in [0.2, 0.25) is 11.8 Å². The minimum Gasteiger partial charge on any atom is -0.425 e. The van der Waals surface area contributed by atoms with E-state index in [0.717, 1.165) is 49.8 Å². The summed E-state index contributed by atoms with van der Waals surface area (Å²) < 4.78 is 19.1. The van der Waals surface area contributed by atoms with Crippen molar-refractivity contribution in [3.05, 3.63) is 47.4 Å². The second kappa shape index (κ2) is 5.80. The van der Waals surface area contributed by atoms with Gasteiger partial charge in [0.1, 0.15) is 5.82 Å². The second-order valence-electron chi connectivity index (χ2n) is 6.43. The third-order valence-electron chi connectivity index (χ3n) is 4.61. The summed E-state index contributed by atoms with van der Waals surface area (Å²) in [6.45, 7) is 2.78. The SMILES string of the molecule is Fc1cccc(CN2CCC(c3nnc(C4CC4)o3)CC2)c1. The minimum absolute atomic E-state index is 0.161. The summed E-state index contributed by atoms with van der Waals surface area (Å²) in [5.74, 6) is 2.38. The lowest BCUT2D eigenvalue weighted by molar-refractivity contribution is 0.191. The maximum atomic E-state index is 13.2. The van der Waals surface area contributed by atoms with E-state index in [-0.39, 0.29) is 5.82 Å². The van der Waals surface area contributed by atoms with Crippen LogP contribution in [0.15, 0.2) is 28.7 Å². The lowest BCUT2D eigenvalue weighted by Gasteiger charge is -2.30. The molecule has 116 valence electrons. The van der Waals surface area contributed by atoms with Gasteiger partial charge in [0, 0.05) is 18.4 Å². The molecule has 2 heterocycles. The van der Waals surface area contributed by atoms with Crippen LogP contribution in [0.4, 0.5) is 4.39 Å². The predicted octanol–water partition coefficient (Wildman–Crippen LogP) is 3.47. The van der Waals surface area contributed by atoms with Gasteiger partial charge in [-0.1, -0.05) is 12.1 Å². The Hall–Kier alpha value is -1.75. The van der Waals surface area contributed by atoms with Gasteiger partial charge in [0.05, 0.1) is 0 Å². The molecule has 0 amide bonds. The molecule has 0 radical (unpaired) electrons. The molecule has 1 aromatic carbocycles. The third kappa shape index (κ3) is 3.04. The summed E-state index contributed by atoms with van der Waals surface area (Å²) in [4.78, 5) is 2.36. The van der Waals surface area contributed by atoms with E-state index in [0.29, 0.717) is 11.8 Å². The van der Waals surface area contributed by atoms with Crippen LogP contribution >= 0.6 is 0 Å². The van der Waals surface area contributed by atoms with Crippen molar-refractivity contribution in [2.75, 3.05) is 13.1 Å². The Kier molecular flexibility index (Phi) is 3.66. The van der Waals surface area contributed by atoms with Crippen molar-refractivity contribution < 1.29 is 8.81 Å². The molecule has 0 bridgehead atoms. The largest absolute Gasteiger partial charge is 0.425 e. The van der Waals surface area contributed by atoms with Crippen molar-refractivity contribution in [1.82, 2.24) is 15.1 Å². The number of halogens is 1. The predicted molar refractivity (Wildman–Crippen MR) is 79.9 cm³/mol. The number of hydrogen-bond donors (Lipinski definition) is 0. The number of aromatic nitrogens is 2. The quantitative estimate of drug-likeness (QED) is 0.867. The number of likely N-dealkylation sites (tertiary alicyclic amines) is 1. The normalized spacial score (nSPS) is 20.4. The molecular weight excluding hydrogens is 281 g/mol. The standard InChI is InChI=1S/C17H20FN3O/c18-15-3-1-2-12(10-15)11-21-8-6-14(7-9-21)17-20-19-16(22-17)13-4-5-13/h1-3,10,13-14H,4-9,11H2. The van der Waals surface area contributed by atoms with E-state index in [1.54, 1.807) is 12.1 Å². The lowest BCUT2D eigenvalue weighted by atomic mass is 9.96. The Morgan fingerprint density at radius 2 is 1.73 bits per heavy atom. The molecule has 0 N–H and O–H groups in total. The fourth-order valence-electron chi connectivity index (χ4n) is 3.14. The van der Waals surface area contributed by atoms with Crippen LogP contribution in [0.1, 0.15) is 54.9 Å². The molecule has 2 aliphatic rings. The van der Waals surface area contributed by atoms with Crippen LogP contribution in [0.5, 0.6) is 0 Å². The van der Waals surface area contributed by atoms with E-state index in [4.69, 9.17) is 4.42 Å². The van der Waals surface area contributed by atoms with Crippen molar-refractivity contribution in [3.63, 3.8) is 0 Å². The highest BCUT2D eigenvalue weighted by atomic mass is 19.1. The van der Waals surface area contributed by atoms with Gasteiger partial charge in [-0.15, -0.1) is 10.2 Å². The zero-order chi connectivity index (χ0) is 14.9. The van der Waals surface area contributed by atoms with Crippen LogP contribution in [-0.2, 0) is 6.54 Å². The second-order valence-corrected chi connectivity index (χ2v) is 6.43. The summed E-state index contributed by atoms with van der Waals surface area (Å²) in [6, 6.07) is 6.86. The molecule has 0 atom stereocenters. The highest BCUT2D eigenvalue weighted by molar-refractivity contribution is 5.16. The molecule has 1 aliphatic heterocycles. The first-order valence-electron chi connectivity index (χ1n) is 8.08. The fraction of sp³-hybridized carbons (Fsp3) is 0.529. The van der Waals surface area contributed by atoms with Crippen molar-refractivity contribution in [2.45, 2.75) is 44.1 Å². The molecule has 22 heavy (non-hydrogen) atoms. The van der Waals surface area contributed by atoms with E-state index in [1.165, 1.54) is 18.9 Å². The van der Waals surface area contributed by atoms with Gasteiger partial charge < -0.3 is 4.42 Å². The molecule has 4 nitrogen and oxygen atoms in total. The molecule has 0 unspecified atom stereocenters. The van der Waals surface area contributed by atoms with Gasteiger partial charge in [0.15, 0.2) is 0 Å². The Balaban J connectivity index is 1.33. The van der Waals surface area contributed by atoms with E-state index in [2.05, 4.69) is 15.1 Å². The van der Waals surface area contributed by atoms with Crippen molar-refractivity contribution in [1.29, 1.82) is 0 Å². The van der Waals surface area contributed by atoms with Crippen molar-refractivity contribution in [3.8, 4) is 0 Å². The molecule has 1 aliphatic carbocycles. The summed E-state index contributed by atoms with van der Waals surface area (Å²) in [6.07, 6.45) is 4.44. The van der Waals surface area contributed by atoms with Crippen molar-refractivity contribution in [2.24, 2.45) is 0 Å². The average Bonchev–Trinajstić information content (AvgIpc) is 3.26. The Morgan fingerprint density at radius 3 is 2.36 bits per heavy atom. The van der Waals surface area contributed by atoms with Crippen LogP contribution in [0, 0.1) is 5.82 Å². The molecule has 1 aromatic heterocycles. The van der Waals surface area contributed by atoms with Gasteiger partial charge in [-0.2, -0.15) is 0 Å². The van der Waals surface area contributed by atoms with E-state index in [1.807, 2.05) is 6.07 Å². The van der Waals surface area contributed by atoms with Crippen LogP contribution in [0.25, 0.3) is 0 Å². The fourth-order valence-corrected chi connectivity index (χ4v) is 3.14. The summed E-state index contributed by atoms with van der Waals surface area (Å²) in [7, 11) is 0. The Bertz CT molecular complexity index is 645. The Morgan fingerprint density at radius 1 is 1.05 bits per heavy atom. The van der Waals surface area contributed by atoms with Crippen LogP contribution in [0.3, 0.4) is 0 Å². The van der Waals surface area contributed by atoms with Gasteiger partial charge in [-0.05, 0) is 56.5 Å². The highest BCUT2D eigenvalue weighted by Gasteiger charge is 2.31. The van der Waals surface area contributed by atoms with Crippen LogP contribution in [-0.4, -0.2) is 28.2 Å². The first-order chi connectivity index (χ1) is 10.8. The highest BCUT2D eigenvalue weighted by Crippen LogP contribution is 2.40. The summed E-state index contributed by atoms with van der Waals surface area (Å²) >= 11 is 0. The zero-order valence-electron chi connectivity index (χ0n) is 12.5. The number of rotatable bonds is 4. The molecular formula is C17H20FN3O. The first-order valence-corrected chi connectivity index (χ1v) is 8.08. The lowest BCUT2D eigenvalue weighted by Crippen LogP contribution is -2.32. The van der Waals surface area contributed by atoms with E-state index < -0.39 is 0 Å². The first kappa shape index (κ1) is 13.9. The van der Waals surface area contributed by atoms with E-state index >= 15 is 0 Å². The van der Waals surface area contributed by atoms with Crippen LogP contribution in [0.2, 0.25) is 0 Å². The number of nitrogens with zero attached hydrogens (tertiary/aromatic N) is 3. The van der Waals surface area contributed by atoms with E-state index in [9.17, 15) is 4.39 Å². The molecule has 2 fully saturated rings. The van der Waals surface area contributed by atoms with Gasteiger partial charge in [-0.3, -0.25) is 4.90 Å². The maximum Gasteiger partial charge on any atom is 0.219 e. The zero-order valence-corrected chi connectivity index (χ0v) is 12.5. The topological polar surface area (TPSA) is 42.2 Å². The maximum absolute atomic E-state index is 13.2. The monoisotopic (exact) mass is 301 g/mol. The summed E-state index contributed by atoms with van der Waals surface area (Å²) in [5.41, 5.74) is 1.03. The Labute approximate surface area is 129 Å². The molecule has 1 saturated heterocycles. The number of hydrogen-bond acceptors (Lipinski definition) is 4. The molecule has 2 aromatic rings. The van der Waals surface area contributed by atoms with Crippen molar-refractivity contribution >= 4 is 0 Å². The third-order valence-corrected chi connectivity index (χ3v) is 4.61.